The monoisotopic (exact) mass is 140 g/mol. The molecular weight excluding hydrogens is 128 g/mol. The van der Waals surface area contributed by atoms with E-state index in [-0.39, 0.29) is 0 Å². The number of hydrogen-bond donors (Lipinski definition) is 1. The smallest absolute Gasteiger partial charge is 0.331 e. The molecule has 0 radical (unpaired) electrons. The summed E-state index contributed by atoms with van der Waals surface area (Å²) >= 11 is 0. The molecule has 0 bridgehead atoms. The van der Waals surface area contributed by atoms with Gasteiger partial charge in [-0.15, -0.1) is 0 Å². The number of hydrogen-bond acceptors (Lipinski definition) is 1. The zero-order chi connectivity index (χ0) is 8.15. The maximum atomic E-state index is 10.4. The summed E-state index contributed by atoms with van der Waals surface area (Å²) in [5.41, 5.74) is 1.19. The van der Waals surface area contributed by atoms with Crippen LogP contribution in [0.15, 0.2) is 23.8 Å². The molecule has 0 saturated heterocycles. The van der Waals surface area contributed by atoms with Crippen LogP contribution in [0, 0.1) is 0 Å². The van der Waals surface area contributed by atoms with E-state index in [0.717, 1.165) is 5.57 Å². The molecule has 0 spiro atoms. The van der Waals surface area contributed by atoms with Gasteiger partial charge in [0.25, 0.3) is 0 Å². The normalized spacial score (nSPS) is 11.2. The van der Waals surface area contributed by atoms with Gasteiger partial charge in [-0.05, 0) is 19.4 Å². The maximum Gasteiger partial charge on any atom is 0.331 e. The van der Waals surface area contributed by atoms with Crippen molar-refractivity contribution >= 4 is 5.97 Å². The molecule has 0 unspecified atom stereocenters. The molecule has 0 atom stereocenters. The fraction of sp³-hybridized carbons (Fsp3) is 0.375. The highest BCUT2D eigenvalue weighted by Crippen LogP contribution is 2.03. The lowest BCUT2D eigenvalue weighted by molar-refractivity contribution is -0.132. The predicted octanol–water partition coefficient (Wildman–Crippen LogP) is 1.98. The first kappa shape index (κ1) is 8.95. The molecule has 2 nitrogen and oxygen atoms in total. The van der Waals surface area contributed by atoms with Crippen LogP contribution in [0.2, 0.25) is 0 Å². The van der Waals surface area contributed by atoms with E-state index < -0.39 is 5.97 Å². The van der Waals surface area contributed by atoms with Gasteiger partial charge in [0.1, 0.15) is 0 Å². The van der Waals surface area contributed by atoms with Crippen molar-refractivity contribution in [3.05, 3.63) is 23.8 Å². The van der Waals surface area contributed by atoms with E-state index in [9.17, 15) is 4.79 Å². The number of carbonyl (C=O) groups is 1. The molecule has 0 aliphatic heterocycles. The largest absolute Gasteiger partial charge is 0.478 e. The van der Waals surface area contributed by atoms with Crippen LogP contribution in [0.1, 0.15) is 20.3 Å². The third kappa shape index (κ3) is 3.07. The Labute approximate surface area is 60.9 Å². The Balaban J connectivity index is 4.34. The molecule has 0 aliphatic rings. The van der Waals surface area contributed by atoms with E-state index in [1.807, 2.05) is 6.92 Å². The maximum absolute atomic E-state index is 10.4. The van der Waals surface area contributed by atoms with Gasteiger partial charge >= 0.3 is 5.97 Å². The summed E-state index contributed by atoms with van der Waals surface area (Å²) in [5, 5.41) is 8.51. The summed E-state index contributed by atoms with van der Waals surface area (Å²) in [4.78, 5) is 10.4. The first-order valence-electron chi connectivity index (χ1n) is 3.17. The van der Waals surface area contributed by atoms with Crippen LogP contribution in [0.3, 0.4) is 0 Å². The molecule has 0 rings (SSSR count). The number of carboxylic acid groups (broad SMARTS) is 1. The topological polar surface area (TPSA) is 37.3 Å². The molecule has 10 heavy (non-hydrogen) atoms. The highest BCUT2D eigenvalue weighted by molar-refractivity contribution is 5.86. The third-order valence-electron chi connectivity index (χ3n) is 1.08. The van der Waals surface area contributed by atoms with Crippen molar-refractivity contribution in [2.24, 2.45) is 0 Å². The van der Waals surface area contributed by atoms with Crippen molar-refractivity contribution < 1.29 is 9.90 Å². The van der Waals surface area contributed by atoms with E-state index in [4.69, 9.17) is 5.11 Å². The van der Waals surface area contributed by atoms with E-state index >= 15 is 0 Å². The predicted molar refractivity (Wildman–Crippen MR) is 40.8 cm³/mol. The van der Waals surface area contributed by atoms with E-state index in [1.54, 1.807) is 13.0 Å². The lowest BCUT2D eigenvalue weighted by Crippen LogP contribution is -1.98. The third-order valence-corrected chi connectivity index (χ3v) is 1.08. The Bertz CT molecular complexity index is 178. The Morgan fingerprint density at radius 1 is 1.70 bits per heavy atom. The van der Waals surface area contributed by atoms with Gasteiger partial charge in [-0.1, -0.05) is 19.1 Å². The van der Waals surface area contributed by atoms with Crippen molar-refractivity contribution in [1.29, 1.82) is 0 Å². The van der Waals surface area contributed by atoms with Crippen LogP contribution >= 0.6 is 0 Å². The van der Waals surface area contributed by atoms with Gasteiger partial charge in [0.15, 0.2) is 0 Å². The summed E-state index contributed by atoms with van der Waals surface area (Å²) in [6, 6.07) is 0. The lowest BCUT2D eigenvalue weighted by Gasteiger charge is -1.95. The van der Waals surface area contributed by atoms with E-state index in [1.165, 1.54) is 0 Å². The highest BCUT2D eigenvalue weighted by atomic mass is 16.4. The molecule has 0 aromatic heterocycles. The molecule has 0 aromatic rings. The Morgan fingerprint density at radius 3 is 2.30 bits per heavy atom. The number of rotatable bonds is 3. The van der Waals surface area contributed by atoms with Gasteiger partial charge in [-0.3, -0.25) is 0 Å². The van der Waals surface area contributed by atoms with Crippen LogP contribution in [-0.2, 0) is 4.79 Å². The second-order valence-corrected chi connectivity index (χ2v) is 2.17. The standard InChI is InChI=1S/C8H12O2/c1-4-7(8(9)10)5-6(2)3/h5H,2,4H2,1,3H3,(H,9,10). The lowest BCUT2D eigenvalue weighted by atomic mass is 10.1. The van der Waals surface area contributed by atoms with Crippen molar-refractivity contribution in [3.63, 3.8) is 0 Å². The van der Waals surface area contributed by atoms with E-state index in [0.29, 0.717) is 12.0 Å². The molecule has 1 N–H and O–H groups in total. The molecule has 2 heteroatoms. The van der Waals surface area contributed by atoms with Gasteiger partial charge in [-0.2, -0.15) is 0 Å². The minimum absolute atomic E-state index is 0.410. The minimum atomic E-state index is -0.856. The molecule has 0 heterocycles. The average Bonchev–Trinajstić information content (AvgIpc) is 1.81. The van der Waals surface area contributed by atoms with Crippen molar-refractivity contribution in [1.82, 2.24) is 0 Å². The molecule has 0 fully saturated rings. The van der Waals surface area contributed by atoms with Crippen LogP contribution in [0.25, 0.3) is 0 Å². The van der Waals surface area contributed by atoms with Crippen LogP contribution in [0.5, 0.6) is 0 Å². The highest BCUT2D eigenvalue weighted by Gasteiger charge is 2.01. The number of allylic oxidation sites excluding steroid dienone is 2. The second-order valence-electron chi connectivity index (χ2n) is 2.17. The van der Waals surface area contributed by atoms with Crippen LogP contribution in [-0.4, -0.2) is 11.1 Å². The molecule has 0 saturated carbocycles. The number of aliphatic carboxylic acids is 1. The molecule has 56 valence electrons. The van der Waals surface area contributed by atoms with Crippen LogP contribution < -0.4 is 0 Å². The molecule has 0 aliphatic carbocycles. The molecule has 0 amide bonds. The van der Waals surface area contributed by atoms with Crippen molar-refractivity contribution in [3.8, 4) is 0 Å². The zero-order valence-corrected chi connectivity index (χ0v) is 6.35. The van der Waals surface area contributed by atoms with Gasteiger partial charge in [-0.25, -0.2) is 4.79 Å². The van der Waals surface area contributed by atoms with Gasteiger partial charge < -0.3 is 5.11 Å². The van der Waals surface area contributed by atoms with Crippen molar-refractivity contribution in [2.75, 3.05) is 0 Å². The van der Waals surface area contributed by atoms with Gasteiger partial charge in [0.05, 0.1) is 0 Å². The fourth-order valence-electron chi connectivity index (χ4n) is 0.612. The SMILES string of the molecule is C=C(C)C=C(CC)C(=O)O. The van der Waals surface area contributed by atoms with Crippen LogP contribution in [0.4, 0.5) is 0 Å². The summed E-state index contributed by atoms with van der Waals surface area (Å²) < 4.78 is 0. The first-order chi connectivity index (χ1) is 4.57. The summed E-state index contributed by atoms with van der Waals surface area (Å²) in [5.74, 6) is -0.856. The summed E-state index contributed by atoms with van der Waals surface area (Å²) in [6.45, 7) is 7.17. The van der Waals surface area contributed by atoms with E-state index in [2.05, 4.69) is 6.58 Å². The van der Waals surface area contributed by atoms with Crippen molar-refractivity contribution in [2.45, 2.75) is 20.3 Å². The Kier molecular flexibility index (Phi) is 3.47. The number of carboxylic acids is 1. The second kappa shape index (κ2) is 3.88. The Morgan fingerprint density at radius 2 is 2.20 bits per heavy atom. The minimum Gasteiger partial charge on any atom is -0.478 e. The summed E-state index contributed by atoms with van der Waals surface area (Å²) in [7, 11) is 0. The fourth-order valence-corrected chi connectivity index (χ4v) is 0.612. The first-order valence-corrected chi connectivity index (χ1v) is 3.17. The summed E-state index contributed by atoms with van der Waals surface area (Å²) in [6.07, 6.45) is 2.13. The van der Waals surface area contributed by atoms with Gasteiger partial charge in [0, 0.05) is 5.57 Å². The average molecular weight is 140 g/mol. The Hall–Kier alpha value is -1.05. The molecule has 0 aromatic carbocycles. The quantitative estimate of drug-likeness (QED) is 0.480. The van der Waals surface area contributed by atoms with Gasteiger partial charge in [0.2, 0.25) is 0 Å². The molecular formula is C8H12O2. The zero-order valence-electron chi connectivity index (χ0n) is 6.35.